The number of barbiturate groups is 1. The highest BCUT2D eigenvalue weighted by atomic mass is 35.5. The summed E-state index contributed by atoms with van der Waals surface area (Å²) in [5.74, 6) is -1.30. The summed E-state index contributed by atoms with van der Waals surface area (Å²) < 4.78 is 5.76. The monoisotopic (exact) mass is 528 g/mol. The Morgan fingerprint density at radius 1 is 0.886 bits per heavy atom. The van der Waals surface area contributed by atoms with Crippen LogP contribution in [0.3, 0.4) is 0 Å². The van der Waals surface area contributed by atoms with Gasteiger partial charge in [-0.2, -0.15) is 0 Å². The maximum Gasteiger partial charge on any atom is 0.335 e. The van der Waals surface area contributed by atoms with E-state index in [0.29, 0.717) is 16.3 Å². The molecule has 0 aromatic heterocycles. The standard InChI is InChI=1S/C26H19Cl3N2O4/c1-2-15-5-9-19(10-6-15)31-25(33)20(24(32)30-26(31)34)11-17-12-21(28)23(22(29)13-17)35-14-16-3-7-18(27)8-4-16/h3-13H,2,14H2,1H3,(H,30,32,34)/b20-11-. The van der Waals surface area contributed by atoms with E-state index in [2.05, 4.69) is 5.32 Å². The molecule has 178 valence electrons. The molecular weight excluding hydrogens is 511 g/mol. The molecule has 0 aliphatic carbocycles. The van der Waals surface area contributed by atoms with Crippen LogP contribution in [0.1, 0.15) is 23.6 Å². The third-order valence-corrected chi connectivity index (χ3v) is 6.15. The molecule has 0 spiro atoms. The zero-order valence-electron chi connectivity index (χ0n) is 18.5. The molecule has 4 amide bonds. The minimum absolute atomic E-state index is 0.199. The van der Waals surface area contributed by atoms with Crippen molar-refractivity contribution in [1.82, 2.24) is 5.32 Å². The number of halogens is 3. The minimum Gasteiger partial charge on any atom is -0.486 e. The van der Waals surface area contributed by atoms with Gasteiger partial charge in [-0.3, -0.25) is 14.9 Å². The van der Waals surface area contributed by atoms with Crippen molar-refractivity contribution in [2.45, 2.75) is 20.0 Å². The van der Waals surface area contributed by atoms with E-state index in [1.807, 2.05) is 31.2 Å². The number of aryl methyl sites for hydroxylation is 1. The summed E-state index contributed by atoms with van der Waals surface area (Å²) in [7, 11) is 0. The number of rotatable bonds is 6. The summed E-state index contributed by atoms with van der Waals surface area (Å²) in [5, 5.41) is 3.21. The molecule has 9 heteroatoms. The quantitative estimate of drug-likeness (QED) is 0.294. The first-order chi connectivity index (χ1) is 16.8. The molecule has 0 unspecified atom stereocenters. The van der Waals surface area contributed by atoms with E-state index in [-0.39, 0.29) is 28.0 Å². The van der Waals surface area contributed by atoms with Gasteiger partial charge in [-0.15, -0.1) is 0 Å². The summed E-state index contributed by atoms with van der Waals surface area (Å²) in [6.07, 6.45) is 2.14. The topological polar surface area (TPSA) is 75.7 Å². The first kappa shape index (κ1) is 24.8. The molecule has 0 radical (unpaired) electrons. The van der Waals surface area contributed by atoms with Crippen molar-refractivity contribution in [3.8, 4) is 5.75 Å². The summed E-state index contributed by atoms with van der Waals surface area (Å²) in [4.78, 5) is 38.9. The second kappa shape index (κ2) is 10.5. The highest BCUT2D eigenvalue weighted by Gasteiger charge is 2.36. The fourth-order valence-corrected chi connectivity index (χ4v) is 4.22. The summed E-state index contributed by atoms with van der Waals surface area (Å²) in [5.41, 5.74) is 2.44. The zero-order valence-corrected chi connectivity index (χ0v) is 20.7. The van der Waals surface area contributed by atoms with Crippen LogP contribution < -0.4 is 15.0 Å². The summed E-state index contributed by atoms with van der Waals surface area (Å²) >= 11 is 18.7. The first-order valence-electron chi connectivity index (χ1n) is 10.6. The van der Waals surface area contributed by atoms with Gasteiger partial charge in [0.05, 0.1) is 15.7 Å². The number of hydrogen-bond donors (Lipinski definition) is 1. The van der Waals surface area contributed by atoms with Crippen LogP contribution in [-0.4, -0.2) is 17.8 Å². The van der Waals surface area contributed by atoms with Crippen molar-refractivity contribution in [3.05, 3.63) is 98.0 Å². The Balaban J connectivity index is 1.59. The molecule has 0 saturated carbocycles. The van der Waals surface area contributed by atoms with Gasteiger partial charge in [0.1, 0.15) is 12.2 Å². The Morgan fingerprint density at radius 2 is 1.49 bits per heavy atom. The predicted molar refractivity (Wildman–Crippen MR) is 137 cm³/mol. The number of carbonyl (C=O) groups excluding carboxylic acids is 3. The molecule has 35 heavy (non-hydrogen) atoms. The third kappa shape index (κ3) is 5.51. The largest absolute Gasteiger partial charge is 0.486 e. The van der Waals surface area contributed by atoms with Gasteiger partial charge in [-0.05, 0) is 65.6 Å². The van der Waals surface area contributed by atoms with E-state index in [4.69, 9.17) is 39.5 Å². The molecule has 6 nitrogen and oxygen atoms in total. The highest BCUT2D eigenvalue weighted by Crippen LogP contribution is 2.36. The average molecular weight is 530 g/mol. The van der Waals surface area contributed by atoms with Crippen molar-refractivity contribution in [3.63, 3.8) is 0 Å². The van der Waals surface area contributed by atoms with E-state index in [1.165, 1.54) is 18.2 Å². The fraction of sp³-hybridized carbons (Fsp3) is 0.115. The number of benzene rings is 3. The zero-order chi connectivity index (χ0) is 25.1. The van der Waals surface area contributed by atoms with Crippen LogP contribution in [0.25, 0.3) is 6.08 Å². The molecule has 1 heterocycles. The summed E-state index contributed by atoms with van der Waals surface area (Å²) in [6.45, 7) is 2.21. The minimum atomic E-state index is -0.816. The number of anilines is 1. The molecule has 3 aromatic carbocycles. The molecule has 1 saturated heterocycles. The van der Waals surface area contributed by atoms with Gasteiger partial charge >= 0.3 is 6.03 Å². The molecular formula is C26H19Cl3N2O4. The van der Waals surface area contributed by atoms with Crippen LogP contribution in [-0.2, 0) is 22.6 Å². The normalized spacial score (nSPS) is 14.9. The van der Waals surface area contributed by atoms with Gasteiger partial charge < -0.3 is 4.74 Å². The Morgan fingerprint density at radius 3 is 2.09 bits per heavy atom. The number of carbonyl (C=O) groups is 3. The van der Waals surface area contributed by atoms with Gasteiger partial charge in [0.2, 0.25) is 0 Å². The van der Waals surface area contributed by atoms with E-state index < -0.39 is 17.8 Å². The Kier molecular flexibility index (Phi) is 7.45. The molecule has 1 fully saturated rings. The maximum absolute atomic E-state index is 13.1. The molecule has 3 aromatic rings. The SMILES string of the molecule is CCc1ccc(N2C(=O)NC(=O)/C(=C/c3cc(Cl)c(OCc4ccc(Cl)cc4)c(Cl)c3)C2=O)cc1. The number of ether oxygens (including phenoxy) is 1. The number of nitrogens with one attached hydrogen (secondary N) is 1. The molecule has 1 N–H and O–H groups in total. The Labute approximate surface area is 217 Å². The van der Waals surface area contributed by atoms with Crippen molar-refractivity contribution in [2.24, 2.45) is 0 Å². The van der Waals surface area contributed by atoms with Crippen LogP contribution in [0.15, 0.2) is 66.2 Å². The van der Waals surface area contributed by atoms with Gasteiger partial charge in [0.15, 0.2) is 5.75 Å². The van der Waals surface area contributed by atoms with Crippen molar-refractivity contribution in [1.29, 1.82) is 0 Å². The van der Waals surface area contributed by atoms with Crippen LogP contribution in [0, 0.1) is 0 Å². The lowest BCUT2D eigenvalue weighted by atomic mass is 10.1. The first-order valence-corrected chi connectivity index (χ1v) is 11.8. The lowest BCUT2D eigenvalue weighted by molar-refractivity contribution is -0.122. The second-order valence-electron chi connectivity index (χ2n) is 7.71. The number of urea groups is 1. The van der Waals surface area contributed by atoms with Gasteiger partial charge in [0, 0.05) is 5.02 Å². The van der Waals surface area contributed by atoms with E-state index >= 15 is 0 Å². The Hall–Kier alpha value is -3.32. The van der Waals surface area contributed by atoms with Gasteiger partial charge in [0.25, 0.3) is 11.8 Å². The van der Waals surface area contributed by atoms with Crippen LogP contribution in [0.4, 0.5) is 10.5 Å². The number of hydrogen-bond acceptors (Lipinski definition) is 4. The fourth-order valence-electron chi connectivity index (χ4n) is 3.48. The van der Waals surface area contributed by atoms with Gasteiger partial charge in [-0.1, -0.05) is 66.0 Å². The average Bonchev–Trinajstić information content (AvgIpc) is 2.82. The second-order valence-corrected chi connectivity index (χ2v) is 8.96. The van der Waals surface area contributed by atoms with E-state index in [0.717, 1.165) is 22.4 Å². The van der Waals surface area contributed by atoms with E-state index in [1.54, 1.807) is 24.3 Å². The van der Waals surface area contributed by atoms with Crippen LogP contribution >= 0.6 is 34.8 Å². The predicted octanol–water partition coefficient (Wildman–Crippen LogP) is 6.45. The van der Waals surface area contributed by atoms with Crippen molar-refractivity contribution in [2.75, 3.05) is 4.90 Å². The number of nitrogens with zero attached hydrogens (tertiary/aromatic N) is 1. The smallest absolute Gasteiger partial charge is 0.335 e. The number of imide groups is 2. The van der Waals surface area contributed by atoms with E-state index in [9.17, 15) is 14.4 Å². The van der Waals surface area contributed by atoms with Gasteiger partial charge in [-0.25, -0.2) is 9.69 Å². The van der Waals surface area contributed by atoms with Crippen molar-refractivity contribution < 1.29 is 19.1 Å². The third-order valence-electron chi connectivity index (χ3n) is 5.33. The molecule has 0 atom stereocenters. The van der Waals surface area contributed by atoms with Crippen molar-refractivity contribution >= 4 is 64.4 Å². The van der Waals surface area contributed by atoms with Crippen LogP contribution in [0.2, 0.25) is 15.1 Å². The lowest BCUT2D eigenvalue weighted by Crippen LogP contribution is -2.54. The molecule has 1 aliphatic heterocycles. The highest BCUT2D eigenvalue weighted by molar-refractivity contribution is 6.40. The molecule has 4 rings (SSSR count). The number of amides is 4. The molecule has 0 bridgehead atoms. The molecule has 1 aliphatic rings. The lowest BCUT2D eigenvalue weighted by Gasteiger charge is -2.26. The maximum atomic E-state index is 13.1. The summed E-state index contributed by atoms with van der Waals surface area (Å²) in [6, 6.07) is 16.3. The Bertz CT molecular complexity index is 1310. The van der Waals surface area contributed by atoms with Crippen LogP contribution in [0.5, 0.6) is 5.75 Å².